The van der Waals surface area contributed by atoms with Crippen LogP contribution in [-0.2, 0) is 0 Å². The second-order valence-electron chi connectivity index (χ2n) is 4.78. The molecule has 2 heterocycles. The van der Waals surface area contributed by atoms with Crippen LogP contribution in [0.25, 0.3) is 11.4 Å². The van der Waals surface area contributed by atoms with Gasteiger partial charge in [0, 0.05) is 16.9 Å². The van der Waals surface area contributed by atoms with Gasteiger partial charge in [0.1, 0.15) is 0 Å². The van der Waals surface area contributed by atoms with Crippen molar-refractivity contribution >= 4 is 17.4 Å². The molecule has 1 aromatic carbocycles. The van der Waals surface area contributed by atoms with Gasteiger partial charge in [-0.05, 0) is 12.2 Å². The molecule has 3 rings (SSSR count). The minimum absolute atomic E-state index is 0.538. The summed E-state index contributed by atoms with van der Waals surface area (Å²) in [5.74, 6) is 2.02. The summed E-state index contributed by atoms with van der Waals surface area (Å²) >= 11 is 2.02. The smallest absolute Gasteiger partial charge is 0.159 e. The first-order chi connectivity index (χ1) is 9.33. The fourth-order valence-electron chi connectivity index (χ4n) is 2.27. The predicted molar refractivity (Wildman–Crippen MR) is 81.4 cm³/mol. The van der Waals surface area contributed by atoms with Crippen LogP contribution in [0.2, 0.25) is 0 Å². The van der Waals surface area contributed by atoms with Gasteiger partial charge in [0.25, 0.3) is 0 Å². The zero-order valence-electron chi connectivity index (χ0n) is 10.9. The monoisotopic (exact) mass is 271 g/mol. The standard InChI is InChI=1S/C15H17N3S/c1-11-14(7-8-19-11)18-13-9-16-15(17-10-13)12-5-3-2-4-6-12/h2-6,9-11,14,18H,7-8H2,1H3. The molecule has 19 heavy (non-hydrogen) atoms. The minimum atomic E-state index is 0.538. The van der Waals surface area contributed by atoms with Gasteiger partial charge in [0.05, 0.1) is 18.1 Å². The van der Waals surface area contributed by atoms with Crippen molar-refractivity contribution < 1.29 is 0 Å². The van der Waals surface area contributed by atoms with Crippen LogP contribution < -0.4 is 5.32 Å². The molecule has 0 saturated carbocycles. The van der Waals surface area contributed by atoms with Crippen molar-refractivity contribution in [1.29, 1.82) is 0 Å². The Kier molecular flexibility index (Phi) is 3.69. The molecular formula is C15H17N3S. The lowest BCUT2D eigenvalue weighted by atomic mass is 10.1. The third-order valence-corrected chi connectivity index (χ3v) is 4.74. The molecule has 0 bridgehead atoms. The summed E-state index contributed by atoms with van der Waals surface area (Å²) in [6, 6.07) is 10.6. The lowest BCUT2D eigenvalue weighted by molar-refractivity contribution is 0.723. The summed E-state index contributed by atoms with van der Waals surface area (Å²) in [6.07, 6.45) is 4.97. The topological polar surface area (TPSA) is 37.8 Å². The number of hydrogen-bond donors (Lipinski definition) is 1. The normalized spacial score (nSPS) is 22.4. The second kappa shape index (κ2) is 5.61. The first kappa shape index (κ1) is 12.5. The van der Waals surface area contributed by atoms with Crippen molar-refractivity contribution in [3.8, 4) is 11.4 Å². The zero-order chi connectivity index (χ0) is 13.1. The minimum Gasteiger partial charge on any atom is -0.379 e. The van der Waals surface area contributed by atoms with Crippen molar-refractivity contribution in [2.45, 2.75) is 24.6 Å². The molecule has 1 fully saturated rings. The van der Waals surface area contributed by atoms with E-state index in [1.807, 2.05) is 54.5 Å². The molecule has 0 amide bonds. The Morgan fingerprint density at radius 3 is 2.53 bits per heavy atom. The van der Waals surface area contributed by atoms with Crippen LogP contribution in [0.4, 0.5) is 5.69 Å². The fourth-order valence-corrected chi connectivity index (χ4v) is 3.47. The largest absolute Gasteiger partial charge is 0.379 e. The maximum absolute atomic E-state index is 4.44. The quantitative estimate of drug-likeness (QED) is 0.928. The van der Waals surface area contributed by atoms with Crippen LogP contribution in [0.1, 0.15) is 13.3 Å². The summed E-state index contributed by atoms with van der Waals surface area (Å²) in [7, 11) is 0. The molecular weight excluding hydrogens is 254 g/mol. The van der Waals surface area contributed by atoms with Gasteiger partial charge < -0.3 is 5.32 Å². The number of benzene rings is 1. The van der Waals surface area contributed by atoms with Crippen LogP contribution in [0.3, 0.4) is 0 Å². The summed E-state index contributed by atoms with van der Waals surface area (Å²) in [5.41, 5.74) is 2.07. The molecule has 1 aliphatic heterocycles. The molecule has 1 N–H and O–H groups in total. The highest BCUT2D eigenvalue weighted by Gasteiger charge is 2.23. The van der Waals surface area contributed by atoms with Crippen molar-refractivity contribution in [2.75, 3.05) is 11.1 Å². The molecule has 4 heteroatoms. The van der Waals surface area contributed by atoms with E-state index >= 15 is 0 Å². The highest BCUT2D eigenvalue weighted by molar-refractivity contribution is 8.00. The van der Waals surface area contributed by atoms with Gasteiger partial charge in [0.2, 0.25) is 0 Å². The van der Waals surface area contributed by atoms with Crippen LogP contribution in [-0.4, -0.2) is 27.0 Å². The number of anilines is 1. The third kappa shape index (κ3) is 2.89. The molecule has 98 valence electrons. The highest BCUT2D eigenvalue weighted by Crippen LogP contribution is 2.28. The van der Waals surface area contributed by atoms with Crippen LogP contribution >= 0.6 is 11.8 Å². The number of thioether (sulfide) groups is 1. The summed E-state index contributed by atoms with van der Waals surface area (Å²) < 4.78 is 0. The van der Waals surface area contributed by atoms with E-state index in [4.69, 9.17) is 0 Å². The molecule has 1 aliphatic rings. The molecule has 0 radical (unpaired) electrons. The van der Waals surface area contributed by atoms with E-state index in [9.17, 15) is 0 Å². The molecule has 3 nitrogen and oxygen atoms in total. The van der Waals surface area contributed by atoms with Gasteiger partial charge in [-0.1, -0.05) is 37.3 Å². The van der Waals surface area contributed by atoms with Crippen LogP contribution in [0.5, 0.6) is 0 Å². The van der Waals surface area contributed by atoms with Crippen molar-refractivity contribution in [3.05, 3.63) is 42.7 Å². The average molecular weight is 271 g/mol. The maximum atomic E-state index is 4.44. The summed E-state index contributed by atoms with van der Waals surface area (Å²) in [6.45, 7) is 2.27. The Morgan fingerprint density at radius 1 is 1.16 bits per heavy atom. The molecule has 2 aromatic rings. The third-order valence-electron chi connectivity index (χ3n) is 3.41. The summed E-state index contributed by atoms with van der Waals surface area (Å²) in [4.78, 5) is 8.87. The van der Waals surface area contributed by atoms with E-state index in [-0.39, 0.29) is 0 Å². The Balaban J connectivity index is 1.72. The van der Waals surface area contributed by atoms with Gasteiger partial charge in [0.15, 0.2) is 5.82 Å². The molecule has 0 aliphatic carbocycles. The van der Waals surface area contributed by atoms with Gasteiger partial charge >= 0.3 is 0 Å². The Labute approximate surface area is 117 Å². The van der Waals surface area contributed by atoms with E-state index < -0.39 is 0 Å². The highest BCUT2D eigenvalue weighted by atomic mass is 32.2. The van der Waals surface area contributed by atoms with Gasteiger partial charge in [-0.25, -0.2) is 9.97 Å². The maximum Gasteiger partial charge on any atom is 0.159 e. The van der Waals surface area contributed by atoms with E-state index in [1.165, 1.54) is 12.2 Å². The summed E-state index contributed by atoms with van der Waals surface area (Å²) in [5, 5.41) is 4.18. The molecule has 1 aromatic heterocycles. The zero-order valence-corrected chi connectivity index (χ0v) is 11.7. The van der Waals surface area contributed by atoms with Crippen LogP contribution in [0.15, 0.2) is 42.7 Å². The second-order valence-corrected chi connectivity index (χ2v) is 6.26. The van der Waals surface area contributed by atoms with E-state index in [0.29, 0.717) is 11.3 Å². The van der Waals surface area contributed by atoms with Crippen molar-refractivity contribution in [3.63, 3.8) is 0 Å². The predicted octanol–water partition coefficient (Wildman–Crippen LogP) is 3.45. The van der Waals surface area contributed by atoms with Crippen molar-refractivity contribution in [1.82, 2.24) is 9.97 Å². The van der Waals surface area contributed by atoms with Gasteiger partial charge in [-0.3, -0.25) is 0 Å². The van der Waals surface area contributed by atoms with E-state index in [2.05, 4.69) is 22.2 Å². The Bertz CT molecular complexity index is 527. The lowest BCUT2D eigenvalue weighted by Gasteiger charge is -2.17. The van der Waals surface area contributed by atoms with E-state index in [0.717, 1.165) is 17.1 Å². The first-order valence-electron chi connectivity index (χ1n) is 6.58. The SMILES string of the molecule is CC1SCCC1Nc1cnc(-c2ccccc2)nc1. The number of nitrogens with zero attached hydrogens (tertiary/aromatic N) is 2. The van der Waals surface area contributed by atoms with Gasteiger partial charge in [-0.2, -0.15) is 11.8 Å². The Hall–Kier alpha value is -1.55. The van der Waals surface area contributed by atoms with Crippen molar-refractivity contribution in [2.24, 2.45) is 0 Å². The van der Waals surface area contributed by atoms with Gasteiger partial charge in [-0.15, -0.1) is 0 Å². The molecule has 2 unspecified atom stereocenters. The number of aromatic nitrogens is 2. The van der Waals surface area contributed by atoms with Crippen LogP contribution in [0, 0.1) is 0 Å². The average Bonchev–Trinajstić information content (AvgIpc) is 2.86. The first-order valence-corrected chi connectivity index (χ1v) is 7.63. The number of rotatable bonds is 3. The number of hydrogen-bond acceptors (Lipinski definition) is 4. The molecule has 0 spiro atoms. The fraction of sp³-hybridized carbons (Fsp3) is 0.333. The molecule has 2 atom stereocenters. The van der Waals surface area contributed by atoms with E-state index in [1.54, 1.807) is 0 Å². The Morgan fingerprint density at radius 2 is 1.89 bits per heavy atom. The number of nitrogens with one attached hydrogen (secondary N) is 1. The molecule has 1 saturated heterocycles. The lowest BCUT2D eigenvalue weighted by Crippen LogP contribution is -2.24.